The summed E-state index contributed by atoms with van der Waals surface area (Å²) in [5.41, 5.74) is -0.0219. The molecule has 0 bridgehead atoms. The smallest absolute Gasteiger partial charge is 0.294 e. The van der Waals surface area contributed by atoms with Crippen molar-refractivity contribution in [2.24, 2.45) is 0 Å². The molecule has 3 aromatic rings. The maximum Gasteiger partial charge on any atom is 0.416 e. The summed E-state index contributed by atoms with van der Waals surface area (Å²) in [5, 5.41) is 0.959. The second-order valence-electron chi connectivity index (χ2n) is 6.78. The van der Waals surface area contributed by atoms with E-state index in [1.54, 1.807) is 11.3 Å². The fourth-order valence-corrected chi connectivity index (χ4v) is 5.77. The van der Waals surface area contributed by atoms with Crippen LogP contribution in [0, 0.1) is 0 Å². The molecule has 1 aliphatic heterocycles. The van der Waals surface area contributed by atoms with Crippen molar-refractivity contribution in [1.29, 1.82) is 0 Å². The number of halogens is 3. The molecular formula is C19H18F3N3O2S2. The van der Waals surface area contributed by atoms with Gasteiger partial charge in [0.05, 0.1) is 27.2 Å². The molecule has 0 atom stereocenters. The molecule has 1 saturated heterocycles. The molecule has 154 valence electrons. The second-order valence-corrected chi connectivity index (χ2v) is 9.83. The van der Waals surface area contributed by atoms with Crippen LogP contribution in [0.25, 0.3) is 10.2 Å². The zero-order chi connectivity index (χ0) is 20.6. The number of para-hydroxylation sites is 1. The van der Waals surface area contributed by atoms with Crippen molar-refractivity contribution in [3.8, 4) is 0 Å². The lowest BCUT2D eigenvalue weighted by Crippen LogP contribution is -2.48. The van der Waals surface area contributed by atoms with E-state index in [1.807, 2.05) is 24.3 Å². The van der Waals surface area contributed by atoms with Crippen LogP contribution in [0.5, 0.6) is 0 Å². The van der Waals surface area contributed by atoms with Gasteiger partial charge in [-0.1, -0.05) is 18.2 Å². The van der Waals surface area contributed by atoms with Gasteiger partial charge in [0.2, 0.25) is 10.0 Å². The number of thiazole rings is 1. The maximum atomic E-state index is 12.9. The number of nitrogens with zero attached hydrogens (tertiary/aromatic N) is 3. The minimum Gasteiger partial charge on any atom is -0.294 e. The molecule has 5 nitrogen and oxygen atoms in total. The van der Waals surface area contributed by atoms with Gasteiger partial charge in [0.1, 0.15) is 5.01 Å². The maximum absolute atomic E-state index is 12.9. The molecule has 0 aliphatic carbocycles. The van der Waals surface area contributed by atoms with Crippen molar-refractivity contribution in [3.63, 3.8) is 0 Å². The van der Waals surface area contributed by atoms with E-state index in [-0.39, 0.29) is 18.0 Å². The van der Waals surface area contributed by atoms with Gasteiger partial charge in [0.25, 0.3) is 0 Å². The number of rotatable bonds is 4. The van der Waals surface area contributed by atoms with Crippen molar-refractivity contribution in [3.05, 3.63) is 59.1 Å². The molecule has 0 saturated carbocycles. The standard InChI is InChI=1S/C19H18F3N3O2S2/c20-19(21,22)14-4-3-5-15(12-14)29(26,27)25-10-8-24(9-11-25)13-18-23-16-6-1-2-7-17(16)28-18/h1-7,12H,8-11,13H2. The minimum atomic E-state index is -4.58. The van der Waals surface area contributed by atoms with E-state index in [2.05, 4.69) is 9.88 Å². The third-order valence-electron chi connectivity index (χ3n) is 4.83. The molecule has 4 rings (SSSR count). The molecule has 29 heavy (non-hydrogen) atoms. The summed E-state index contributed by atoms with van der Waals surface area (Å²) in [5.74, 6) is 0. The summed E-state index contributed by atoms with van der Waals surface area (Å²) < 4.78 is 66.6. The summed E-state index contributed by atoms with van der Waals surface area (Å²) in [6.45, 7) is 2.06. The van der Waals surface area contributed by atoms with Crippen LogP contribution in [-0.4, -0.2) is 48.8 Å². The summed E-state index contributed by atoms with van der Waals surface area (Å²) >= 11 is 1.61. The van der Waals surface area contributed by atoms with Crippen LogP contribution >= 0.6 is 11.3 Å². The van der Waals surface area contributed by atoms with Crippen molar-refractivity contribution in [1.82, 2.24) is 14.2 Å². The summed E-state index contributed by atoms with van der Waals surface area (Å²) in [4.78, 5) is 6.37. The highest BCUT2D eigenvalue weighted by Crippen LogP contribution is 2.31. The summed E-state index contributed by atoms with van der Waals surface area (Å²) in [6, 6.07) is 11.8. The van der Waals surface area contributed by atoms with E-state index in [0.29, 0.717) is 25.7 Å². The van der Waals surface area contributed by atoms with Gasteiger partial charge in [-0.2, -0.15) is 17.5 Å². The number of hydrogen-bond acceptors (Lipinski definition) is 5. The van der Waals surface area contributed by atoms with Gasteiger partial charge in [-0.3, -0.25) is 4.90 Å². The van der Waals surface area contributed by atoms with Gasteiger partial charge < -0.3 is 0 Å². The van der Waals surface area contributed by atoms with E-state index >= 15 is 0 Å². The van der Waals surface area contributed by atoms with Gasteiger partial charge in [-0.05, 0) is 30.3 Å². The zero-order valence-corrected chi connectivity index (χ0v) is 16.9. The van der Waals surface area contributed by atoms with Gasteiger partial charge in [-0.25, -0.2) is 13.4 Å². The van der Waals surface area contributed by atoms with Gasteiger partial charge in [0.15, 0.2) is 0 Å². The van der Waals surface area contributed by atoms with Gasteiger partial charge >= 0.3 is 6.18 Å². The Hall–Kier alpha value is -2.01. The van der Waals surface area contributed by atoms with E-state index in [4.69, 9.17) is 0 Å². The first kappa shape index (κ1) is 20.3. The molecule has 0 unspecified atom stereocenters. The molecule has 2 aromatic carbocycles. The van der Waals surface area contributed by atoms with Crippen LogP contribution in [0.3, 0.4) is 0 Å². The lowest BCUT2D eigenvalue weighted by atomic mass is 10.2. The van der Waals surface area contributed by atoms with Crippen LogP contribution in [0.15, 0.2) is 53.4 Å². The lowest BCUT2D eigenvalue weighted by molar-refractivity contribution is -0.137. The largest absolute Gasteiger partial charge is 0.416 e. The first-order chi connectivity index (χ1) is 13.7. The molecule has 2 heterocycles. The zero-order valence-electron chi connectivity index (χ0n) is 15.3. The fraction of sp³-hybridized carbons (Fsp3) is 0.316. The third kappa shape index (κ3) is 4.30. The number of fused-ring (bicyclic) bond motifs is 1. The molecule has 0 radical (unpaired) electrons. The molecule has 10 heteroatoms. The molecule has 0 N–H and O–H groups in total. The summed E-state index contributed by atoms with van der Waals surface area (Å²) in [7, 11) is -3.97. The number of aromatic nitrogens is 1. The van der Waals surface area contributed by atoms with Crippen LogP contribution in [0.4, 0.5) is 13.2 Å². The van der Waals surface area contributed by atoms with Crippen LogP contribution in [0.1, 0.15) is 10.6 Å². The average Bonchev–Trinajstić information content (AvgIpc) is 3.10. The third-order valence-corrected chi connectivity index (χ3v) is 7.74. The number of benzene rings is 2. The van der Waals surface area contributed by atoms with Gasteiger partial charge in [-0.15, -0.1) is 11.3 Å². The number of piperazine rings is 1. The predicted octanol–water partition coefficient (Wildman–Crippen LogP) is 3.82. The van der Waals surface area contributed by atoms with Crippen molar-refractivity contribution >= 4 is 31.6 Å². The number of alkyl halides is 3. The van der Waals surface area contributed by atoms with Gasteiger partial charge in [0, 0.05) is 26.2 Å². The number of hydrogen-bond donors (Lipinski definition) is 0. The fourth-order valence-electron chi connectivity index (χ4n) is 3.29. The highest BCUT2D eigenvalue weighted by atomic mass is 32.2. The SMILES string of the molecule is O=S(=O)(c1cccc(C(F)(F)F)c1)N1CCN(Cc2nc3ccccc3s2)CC1. The molecular weight excluding hydrogens is 423 g/mol. The van der Waals surface area contributed by atoms with Crippen molar-refractivity contribution in [2.75, 3.05) is 26.2 Å². The Morgan fingerprint density at radius 1 is 1.00 bits per heavy atom. The van der Waals surface area contributed by atoms with Crippen LogP contribution < -0.4 is 0 Å². The first-order valence-electron chi connectivity index (χ1n) is 8.98. The Bertz CT molecular complexity index is 1090. The van der Waals surface area contributed by atoms with Crippen molar-refractivity contribution < 1.29 is 21.6 Å². The van der Waals surface area contributed by atoms with E-state index in [0.717, 1.165) is 27.4 Å². The van der Waals surface area contributed by atoms with E-state index in [1.165, 1.54) is 10.4 Å². The van der Waals surface area contributed by atoms with Crippen LogP contribution in [-0.2, 0) is 22.7 Å². The Kier molecular flexibility index (Phi) is 5.36. The molecule has 1 aliphatic rings. The predicted molar refractivity (Wildman–Crippen MR) is 105 cm³/mol. The minimum absolute atomic E-state index is 0.226. The monoisotopic (exact) mass is 441 g/mol. The Morgan fingerprint density at radius 3 is 2.41 bits per heavy atom. The topological polar surface area (TPSA) is 53.5 Å². The van der Waals surface area contributed by atoms with Crippen molar-refractivity contribution in [2.45, 2.75) is 17.6 Å². The Labute approximate surface area is 170 Å². The lowest BCUT2D eigenvalue weighted by Gasteiger charge is -2.33. The number of sulfonamides is 1. The second kappa shape index (κ2) is 7.67. The Morgan fingerprint density at radius 2 is 1.72 bits per heavy atom. The quantitative estimate of drug-likeness (QED) is 0.618. The molecule has 0 amide bonds. The first-order valence-corrected chi connectivity index (χ1v) is 11.2. The van der Waals surface area contributed by atoms with E-state index < -0.39 is 21.8 Å². The van der Waals surface area contributed by atoms with Crippen LogP contribution in [0.2, 0.25) is 0 Å². The summed E-state index contributed by atoms with van der Waals surface area (Å²) in [6.07, 6.45) is -4.58. The van der Waals surface area contributed by atoms with E-state index in [9.17, 15) is 21.6 Å². The highest BCUT2D eigenvalue weighted by molar-refractivity contribution is 7.89. The molecule has 0 spiro atoms. The molecule has 1 fully saturated rings. The molecule has 1 aromatic heterocycles. The Balaban J connectivity index is 1.43. The average molecular weight is 442 g/mol. The highest BCUT2D eigenvalue weighted by Gasteiger charge is 2.34. The normalized spacial score (nSPS) is 17.1.